The van der Waals surface area contributed by atoms with E-state index < -0.39 is 0 Å². The molecule has 0 aliphatic carbocycles. The molecule has 0 unspecified atom stereocenters. The second-order valence-corrected chi connectivity index (χ2v) is 4.50. The number of nitrogens with two attached hydrogens (primary N) is 1. The maximum absolute atomic E-state index is 5.86. The highest BCUT2D eigenvalue weighted by atomic mass is 127. The lowest BCUT2D eigenvalue weighted by Gasteiger charge is -2.07. The molecular formula is C16H20IN3O. The van der Waals surface area contributed by atoms with Gasteiger partial charge < -0.3 is 15.8 Å². The van der Waals surface area contributed by atoms with Crippen LogP contribution in [0.1, 0.15) is 11.1 Å². The number of ether oxygens (including phenoxy) is 1. The van der Waals surface area contributed by atoms with E-state index in [1.165, 1.54) is 0 Å². The Hall–Kier alpha value is -1.76. The standard InChI is InChI=1S/C16H19N3O.HI/c1-12-8-9-13(10-15(12)20-2)11-18-16(17)19-14-6-4-3-5-7-14;/h3-10H,11H2,1-2H3,(H3,17,18,19);1H. The van der Waals surface area contributed by atoms with Crippen molar-refractivity contribution < 1.29 is 4.74 Å². The second-order valence-electron chi connectivity index (χ2n) is 4.50. The van der Waals surface area contributed by atoms with Gasteiger partial charge in [-0.1, -0.05) is 30.3 Å². The van der Waals surface area contributed by atoms with Crippen LogP contribution in [0.2, 0.25) is 0 Å². The lowest BCUT2D eigenvalue weighted by Crippen LogP contribution is -2.22. The third kappa shape index (κ3) is 5.26. The topological polar surface area (TPSA) is 59.6 Å². The highest BCUT2D eigenvalue weighted by Crippen LogP contribution is 2.19. The van der Waals surface area contributed by atoms with E-state index in [0.717, 1.165) is 22.6 Å². The van der Waals surface area contributed by atoms with Crippen molar-refractivity contribution in [3.05, 3.63) is 59.7 Å². The maximum Gasteiger partial charge on any atom is 0.193 e. The summed E-state index contributed by atoms with van der Waals surface area (Å²) in [6.07, 6.45) is 0. The van der Waals surface area contributed by atoms with E-state index in [9.17, 15) is 0 Å². The molecule has 112 valence electrons. The molecule has 0 radical (unpaired) electrons. The monoisotopic (exact) mass is 397 g/mol. The van der Waals surface area contributed by atoms with Gasteiger partial charge in [0.15, 0.2) is 5.96 Å². The Labute approximate surface area is 142 Å². The van der Waals surface area contributed by atoms with Crippen molar-refractivity contribution in [2.45, 2.75) is 13.5 Å². The van der Waals surface area contributed by atoms with Gasteiger partial charge in [-0.15, -0.1) is 24.0 Å². The molecule has 0 aliphatic rings. The molecule has 2 aromatic carbocycles. The Kier molecular flexibility index (Phi) is 7.01. The van der Waals surface area contributed by atoms with E-state index in [1.54, 1.807) is 7.11 Å². The van der Waals surface area contributed by atoms with Crippen LogP contribution in [-0.2, 0) is 6.54 Å². The average molecular weight is 397 g/mol. The van der Waals surface area contributed by atoms with E-state index in [2.05, 4.69) is 10.3 Å². The van der Waals surface area contributed by atoms with E-state index in [4.69, 9.17) is 10.5 Å². The van der Waals surface area contributed by atoms with Gasteiger partial charge in [0.2, 0.25) is 0 Å². The van der Waals surface area contributed by atoms with Crippen LogP contribution in [0.4, 0.5) is 5.69 Å². The Morgan fingerprint density at radius 1 is 1.19 bits per heavy atom. The zero-order valence-electron chi connectivity index (χ0n) is 12.2. The number of aryl methyl sites for hydroxylation is 1. The highest BCUT2D eigenvalue weighted by molar-refractivity contribution is 14.0. The third-order valence-electron chi connectivity index (χ3n) is 2.95. The number of rotatable bonds is 4. The van der Waals surface area contributed by atoms with Gasteiger partial charge in [-0.05, 0) is 36.2 Å². The first-order valence-corrected chi connectivity index (χ1v) is 6.44. The maximum atomic E-state index is 5.86. The number of hydrogen-bond donors (Lipinski definition) is 2. The lowest BCUT2D eigenvalue weighted by atomic mass is 10.1. The van der Waals surface area contributed by atoms with Gasteiger partial charge in [0.05, 0.1) is 13.7 Å². The predicted molar refractivity (Wildman–Crippen MR) is 98.5 cm³/mol. The van der Waals surface area contributed by atoms with Crippen molar-refractivity contribution in [1.29, 1.82) is 0 Å². The molecule has 0 aliphatic heterocycles. The summed E-state index contributed by atoms with van der Waals surface area (Å²) in [5, 5.41) is 3.05. The summed E-state index contributed by atoms with van der Waals surface area (Å²) in [5.74, 6) is 1.27. The largest absolute Gasteiger partial charge is 0.496 e. The van der Waals surface area contributed by atoms with Crippen molar-refractivity contribution in [3.63, 3.8) is 0 Å². The molecule has 3 N–H and O–H groups in total. The first-order chi connectivity index (χ1) is 9.69. The Balaban J connectivity index is 0.00000220. The number of benzene rings is 2. The van der Waals surface area contributed by atoms with Crippen LogP contribution in [-0.4, -0.2) is 13.1 Å². The lowest BCUT2D eigenvalue weighted by molar-refractivity contribution is 0.411. The minimum Gasteiger partial charge on any atom is -0.496 e. The molecule has 0 aromatic heterocycles. The van der Waals surface area contributed by atoms with Gasteiger partial charge in [-0.25, -0.2) is 4.99 Å². The van der Waals surface area contributed by atoms with Crippen molar-refractivity contribution >= 4 is 35.6 Å². The fourth-order valence-electron chi connectivity index (χ4n) is 1.85. The number of hydrogen-bond acceptors (Lipinski definition) is 2. The minimum absolute atomic E-state index is 0. The van der Waals surface area contributed by atoms with E-state index in [0.29, 0.717) is 12.5 Å². The van der Waals surface area contributed by atoms with E-state index in [-0.39, 0.29) is 24.0 Å². The Bertz CT molecular complexity index is 600. The molecule has 2 aromatic rings. The van der Waals surface area contributed by atoms with Gasteiger partial charge in [-0.2, -0.15) is 0 Å². The molecule has 0 spiro atoms. The molecule has 0 bridgehead atoms. The van der Waals surface area contributed by atoms with Crippen molar-refractivity contribution in [1.82, 2.24) is 0 Å². The first-order valence-electron chi connectivity index (χ1n) is 6.44. The van der Waals surface area contributed by atoms with Crippen molar-refractivity contribution in [2.75, 3.05) is 12.4 Å². The number of nitrogens with one attached hydrogen (secondary N) is 1. The Morgan fingerprint density at radius 3 is 2.57 bits per heavy atom. The molecule has 0 fully saturated rings. The predicted octanol–water partition coefficient (Wildman–Crippen LogP) is 3.55. The van der Waals surface area contributed by atoms with Crippen LogP contribution in [0.25, 0.3) is 0 Å². The summed E-state index contributed by atoms with van der Waals surface area (Å²) >= 11 is 0. The van der Waals surface area contributed by atoms with Crippen LogP contribution in [0.15, 0.2) is 53.5 Å². The summed E-state index contributed by atoms with van der Waals surface area (Å²) in [6.45, 7) is 2.53. The summed E-state index contributed by atoms with van der Waals surface area (Å²) in [4.78, 5) is 4.32. The van der Waals surface area contributed by atoms with Crippen LogP contribution in [0.5, 0.6) is 5.75 Å². The first kappa shape index (κ1) is 17.3. The third-order valence-corrected chi connectivity index (χ3v) is 2.95. The Morgan fingerprint density at radius 2 is 1.90 bits per heavy atom. The van der Waals surface area contributed by atoms with Gasteiger partial charge in [0.1, 0.15) is 5.75 Å². The van der Waals surface area contributed by atoms with Gasteiger partial charge in [0, 0.05) is 5.69 Å². The van der Waals surface area contributed by atoms with E-state index in [1.807, 2.05) is 55.5 Å². The molecule has 0 heterocycles. The number of guanidine groups is 1. The molecule has 5 heteroatoms. The van der Waals surface area contributed by atoms with Crippen molar-refractivity contribution in [2.24, 2.45) is 10.7 Å². The molecule has 0 amide bonds. The van der Waals surface area contributed by atoms with Gasteiger partial charge in [0.25, 0.3) is 0 Å². The van der Waals surface area contributed by atoms with Crippen LogP contribution in [0, 0.1) is 6.92 Å². The number of halogens is 1. The number of aliphatic imine (C=N–C) groups is 1. The fraction of sp³-hybridized carbons (Fsp3) is 0.188. The number of methoxy groups -OCH3 is 1. The zero-order chi connectivity index (χ0) is 14.4. The fourth-order valence-corrected chi connectivity index (χ4v) is 1.85. The molecule has 21 heavy (non-hydrogen) atoms. The quantitative estimate of drug-likeness (QED) is 0.471. The summed E-state index contributed by atoms with van der Waals surface area (Å²) in [5.41, 5.74) is 8.96. The van der Waals surface area contributed by atoms with E-state index >= 15 is 0 Å². The summed E-state index contributed by atoms with van der Waals surface area (Å²) in [7, 11) is 1.67. The molecule has 4 nitrogen and oxygen atoms in total. The SMILES string of the molecule is COc1cc(CN=C(N)Nc2ccccc2)ccc1C.I. The zero-order valence-corrected chi connectivity index (χ0v) is 14.5. The molecular weight excluding hydrogens is 377 g/mol. The minimum atomic E-state index is 0. The van der Waals surface area contributed by atoms with Crippen LogP contribution < -0.4 is 15.8 Å². The van der Waals surface area contributed by atoms with Crippen LogP contribution in [0.3, 0.4) is 0 Å². The second kappa shape index (κ2) is 8.51. The molecule has 2 rings (SSSR count). The normalized spacial score (nSPS) is 10.7. The molecule has 0 atom stereocenters. The van der Waals surface area contributed by atoms with Gasteiger partial charge >= 0.3 is 0 Å². The number of nitrogens with zero attached hydrogens (tertiary/aromatic N) is 1. The smallest absolute Gasteiger partial charge is 0.193 e. The summed E-state index contributed by atoms with van der Waals surface area (Å²) in [6, 6.07) is 15.8. The van der Waals surface area contributed by atoms with Crippen LogP contribution >= 0.6 is 24.0 Å². The number of anilines is 1. The number of para-hydroxylation sites is 1. The van der Waals surface area contributed by atoms with Crippen molar-refractivity contribution in [3.8, 4) is 5.75 Å². The average Bonchev–Trinajstić information content (AvgIpc) is 2.47. The van der Waals surface area contributed by atoms with Gasteiger partial charge in [-0.3, -0.25) is 0 Å². The molecule has 0 saturated heterocycles. The molecule has 0 saturated carbocycles. The highest BCUT2D eigenvalue weighted by Gasteiger charge is 2.00. The summed E-state index contributed by atoms with van der Waals surface area (Å²) < 4.78 is 5.29.